The molecular weight excluding hydrogens is 312 g/mol. The summed E-state index contributed by atoms with van der Waals surface area (Å²) in [6, 6.07) is 0. The fourth-order valence-corrected chi connectivity index (χ4v) is 3.47. The first-order chi connectivity index (χ1) is 12.1. The molecule has 0 fully saturated rings. The lowest BCUT2D eigenvalue weighted by atomic mass is 9.88. The maximum absolute atomic E-state index is 6.06. The summed E-state index contributed by atoms with van der Waals surface area (Å²) >= 11 is 0. The summed E-state index contributed by atoms with van der Waals surface area (Å²) < 4.78 is 17.9. The number of hydrogen-bond acceptors (Lipinski definition) is 3. The van der Waals surface area contributed by atoms with Crippen LogP contribution in [0.5, 0.6) is 0 Å². The fraction of sp³-hybridized carbons (Fsp3) is 1.00. The monoisotopic (exact) mass is 358 g/mol. The van der Waals surface area contributed by atoms with Crippen molar-refractivity contribution in [2.24, 2.45) is 5.92 Å². The Hall–Kier alpha value is -0.120. The van der Waals surface area contributed by atoms with Crippen LogP contribution in [0.2, 0.25) is 0 Å². The minimum Gasteiger partial charge on any atom is -0.381 e. The smallest absolute Gasteiger partial charge is 0.168 e. The summed E-state index contributed by atoms with van der Waals surface area (Å²) in [4.78, 5) is 0. The lowest BCUT2D eigenvalue weighted by Crippen LogP contribution is -2.41. The maximum Gasteiger partial charge on any atom is 0.168 e. The molecule has 0 aliphatic carbocycles. The third-order valence-corrected chi connectivity index (χ3v) is 4.99. The Morgan fingerprint density at radius 3 is 1.76 bits per heavy atom. The summed E-state index contributed by atoms with van der Waals surface area (Å²) in [6.45, 7) is 13.9. The molecule has 0 aliphatic heterocycles. The van der Waals surface area contributed by atoms with Gasteiger partial charge in [0.05, 0.1) is 0 Å². The zero-order valence-electron chi connectivity index (χ0n) is 17.9. The molecule has 1 unspecified atom stereocenters. The Labute approximate surface area is 158 Å². The van der Waals surface area contributed by atoms with Crippen LogP contribution in [0.15, 0.2) is 0 Å². The van der Waals surface area contributed by atoms with Crippen molar-refractivity contribution in [3.63, 3.8) is 0 Å². The van der Waals surface area contributed by atoms with Crippen molar-refractivity contribution >= 4 is 0 Å². The van der Waals surface area contributed by atoms with Gasteiger partial charge in [0, 0.05) is 32.3 Å². The number of unbranched alkanes of at least 4 members (excludes halogenated alkanes) is 6. The van der Waals surface area contributed by atoms with Gasteiger partial charge in [-0.15, -0.1) is 0 Å². The molecule has 0 spiro atoms. The molecule has 25 heavy (non-hydrogen) atoms. The molecule has 0 N–H and O–H groups in total. The zero-order valence-corrected chi connectivity index (χ0v) is 17.9. The molecule has 0 aliphatic rings. The van der Waals surface area contributed by atoms with Gasteiger partial charge in [-0.25, -0.2) is 0 Å². The van der Waals surface area contributed by atoms with Gasteiger partial charge in [-0.05, 0) is 46.5 Å². The van der Waals surface area contributed by atoms with Crippen molar-refractivity contribution in [2.45, 2.75) is 111 Å². The van der Waals surface area contributed by atoms with Crippen LogP contribution in [0.3, 0.4) is 0 Å². The molecule has 3 heteroatoms. The Morgan fingerprint density at radius 2 is 1.16 bits per heavy atom. The average molecular weight is 359 g/mol. The molecule has 0 aromatic rings. The molecule has 0 saturated carbocycles. The van der Waals surface area contributed by atoms with Gasteiger partial charge in [0.25, 0.3) is 0 Å². The predicted molar refractivity (Wildman–Crippen MR) is 108 cm³/mol. The van der Waals surface area contributed by atoms with Gasteiger partial charge in [0.1, 0.15) is 0 Å². The fourth-order valence-electron chi connectivity index (χ4n) is 3.47. The molecule has 0 radical (unpaired) electrons. The van der Waals surface area contributed by atoms with Crippen molar-refractivity contribution in [3.05, 3.63) is 0 Å². The third kappa shape index (κ3) is 12.8. The highest BCUT2D eigenvalue weighted by Gasteiger charge is 2.34. The summed E-state index contributed by atoms with van der Waals surface area (Å²) in [5, 5.41) is 0. The second-order valence-electron chi connectivity index (χ2n) is 7.24. The van der Waals surface area contributed by atoms with E-state index >= 15 is 0 Å². The van der Waals surface area contributed by atoms with E-state index in [0.717, 1.165) is 32.5 Å². The largest absolute Gasteiger partial charge is 0.381 e. The second kappa shape index (κ2) is 17.3. The minimum absolute atomic E-state index is 0.448. The molecule has 0 aromatic heterocycles. The first kappa shape index (κ1) is 24.9. The van der Waals surface area contributed by atoms with E-state index in [-0.39, 0.29) is 0 Å². The van der Waals surface area contributed by atoms with Gasteiger partial charge in [-0.3, -0.25) is 0 Å². The van der Waals surface area contributed by atoms with Crippen LogP contribution in [0.1, 0.15) is 105 Å². The van der Waals surface area contributed by atoms with Gasteiger partial charge in [-0.2, -0.15) is 0 Å². The van der Waals surface area contributed by atoms with Crippen LogP contribution in [-0.4, -0.2) is 32.2 Å². The quantitative estimate of drug-likeness (QED) is 0.189. The first-order valence-electron chi connectivity index (χ1n) is 11.0. The van der Waals surface area contributed by atoms with Gasteiger partial charge >= 0.3 is 0 Å². The van der Waals surface area contributed by atoms with Gasteiger partial charge in [-0.1, -0.05) is 58.8 Å². The van der Waals surface area contributed by atoms with Crippen LogP contribution in [-0.2, 0) is 14.2 Å². The minimum atomic E-state index is -0.448. The molecule has 0 heterocycles. The van der Waals surface area contributed by atoms with E-state index in [9.17, 15) is 0 Å². The highest BCUT2D eigenvalue weighted by Crippen LogP contribution is 2.32. The van der Waals surface area contributed by atoms with Crippen molar-refractivity contribution in [1.29, 1.82) is 0 Å². The maximum atomic E-state index is 6.06. The summed E-state index contributed by atoms with van der Waals surface area (Å²) in [6.07, 6.45) is 13.8. The molecule has 0 aromatic carbocycles. The van der Waals surface area contributed by atoms with E-state index in [1.165, 1.54) is 51.4 Å². The molecule has 0 saturated heterocycles. The number of hydrogen-bond donors (Lipinski definition) is 0. The highest BCUT2D eigenvalue weighted by molar-refractivity contribution is 4.76. The summed E-state index contributed by atoms with van der Waals surface area (Å²) in [5.41, 5.74) is 0. The topological polar surface area (TPSA) is 27.7 Å². The molecule has 0 bridgehead atoms. The van der Waals surface area contributed by atoms with Crippen LogP contribution >= 0.6 is 0 Å². The number of ether oxygens (including phenoxy) is 3. The van der Waals surface area contributed by atoms with Gasteiger partial charge in [0.2, 0.25) is 0 Å². The zero-order chi connectivity index (χ0) is 18.8. The predicted octanol–water partition coefficient (Wildman–Crippen LogP) is 6.74. The summed E-state index contributed by atoms with van der Waals surface area (Å²) in [7, 11) is 0. The Morgan fingerprint density at radius 1 is 0.640 bits per heavy atom. The van der Waals surface area contributed by atoms with E-state index in [0.29, 0.717) is 19.1 Å². The van der Waals surface area contributed by atoms with Crippen LogP contribution in [0.25, 0.3) is 0 Å². The van der Waals surface area contributed by atoms with E-state index in [1.807, 2.05) is 0 Å². The standard InChI is InChI=1S/C22H46O3/c1-6-10-12-13-14-15-17-21(18-16-20-23-19-11-7-2)22(5,24-8-3)25-9-4/h21H,6-20H2,1-5H3. The van der Waals surface area contributed by atoms with E-state index < -0.39 is 5.79 Å². The molecule has 0 rings (SSSR count). The Bertz CT molecular complexity index is 246. The normalized spacial score (nSPS) is 13.3. The first-order valence-corrected chi connectivity index (χ1v) is 11.0. The van der Waals surface area contributed by atoms with E-state index in [2.05, 4.69) is 34.6 Å². The summed E-state index contributed by atoms with van der Waals surface area (Å²) in [5.74, 6) is 0.00410. The second-order valence-corrected chi connectivity index (χ2v) is 7.24. The molecule has 0 amide bonds. The Balaban J connectivity index is 4.37. The van der Waals surface area contributed by atoms with Crippen molar-refractivity contribution in [1.82, 2.24) is 0 Å². The van der Waals surface area contributed by atoms with Gasteiger partial charge in [0.15, 0.2) is 5.79 Å². The lowest BCUT2D eigenvalue weighted by molar-refractivity contribution is -0.254. The average Bonchev–Trinajstić information content (AvgIpc) is 2.59. The van der Waals surface area contributed by atoms with Crippen molar-refractivity contribution in [3.8, 4) is 0 Å². The van der Waals surface area contributed by atoms with Crippen molar-refractivity contribution in [2.75, 3.05) is 26.4 Å². The van der Waals surface area contributed by atoms with Crippen LogP contribution in [0, 0.1) is 5.92 Å². The third-order valence-electron chi connectivity index (χ3n) is 4.99. The molecule has 1 atom stereocenters. The van der Waals surface area contributed by atoms with Crippen molar-refractivity contribution < 1.29 is 14.2 Å². The van der Waals surface area contributed by atoms with E-state index in [4.69, 9.17) is 14.2 Å². The Kier molecular flexibility index (Phi) is 17.2. The van der Waals surface area contributed by atoms with Crippen LogP contribution < -0.4 is 0 Å². The molecule has 3 nitrogen and oxygen atoms in total. The highest BCUT2D eigenvalue weighted by atomic mass is 16.7. The SMILES string of the molecule is CCCCCCCCC(CCCOCCCC)C(C)(OCC)OCC. The molecular formula is C22H46O3. The van der Waals surface area contributed by atoms with Crippen LogP contribution in [0.4, 0.5) is 0 Å². The number of rotatable bonds is 19. The van der Waals surface area contributed by atoms with Gasteiger partial charge < -0.3 is 14.2 Å². The lowest BCUT2D eigenvalue weighted by Gasteiger charge is -2.37. The van der Waals surface area contributed by atoms with E-state index in [1.54, 1.807) is 0 Å². The molecule has 152 valence electrons.